The lowest BCUT2D eigenvalue weighted by Crippen LogP contribution is -2.35. The first-order chi connectivity index (χ1) is 9.33. The summed E-state index contributed by atoms with van der Waals surface area (Å²) in [5.74, 6) is 0. The quantitative estimate of drug-likeness (QED) is 0.824. The van der Waals surface area contributed by atoms with Crippen molar-refractivity contribution >= 4 is 0 Å². The van der Waals surface area contributed by atoms with Gasteiger partial charge in [-0.15, -0.1) is 0 Å². The lowest BCUT2D eigenvalue weighted by molar-refractivity contribution is 0.00866. The Hall–Kier alpha value is -0.870. The number of hydrogen-bond donors (Lipinski definition) is 1. The lowest BCUT2D eigenvalue weighted by atomic mass is 9.93. The number of hydrogen-bond acceptors (Lipinski definition) is 3. The van der Waals surface area contributed by atoms with Crippen molar-refractivity contribution in [2.75, 3.05) is 6.54 Å². The molecule has 108 valence electrons. The Bertz CT molecular complexity index is 356. The maximum Gasteiger partial charge on any atom is 0.0948 e. The number of rotatable bonds is 7. The van der Waals surface area contributed by atoms with Gasteiger partial charge in [0.05, 0.1) is 30.9 Å². The Kier molecular flexibility index (Phi) is 5.86. The minimum atomic E-state index is 0.430. The van der Waals surface area contributed by atoms with Crippen LogP contribution in [0.1, 0.15) is 51.6 Å². The number of aromatic nitrogens is 2. The van der Waals surface area contributed by atoms with E-state index in [0.29, 0.717) is 18.8 Å². The van der Waals surface area contributed by atoms with Crippen LogP contribution in [0.2, 0.25) is 0 Å². The van der Waals surface area contributed by atoms with Gasteiger partial charge in [-0.1, -0.05) is 13.8 Å². The third-order valence-electron chi connectivity index (χ3n) is 3.90. The van der Waals surface area contributed by atoms with Crippen molar-refractivity contribution in [3.8, 4) is 0 Å². The Morgan fingerprint density at radius 2 is 2.11 bits per heavy atom. The molecule has 1 aliphatic rings. The van der Waals surface area contributed by atoms with Gasteiger partial charge in [-0.2, -0.15) is 0 Å². The van der Waals surface area contributed by atoms with Gasteiger partial charge in [-0.25, -0.2) is 4.98 Å². The molecular formula is C15H27N3O. The molecule has 4 heteroatoms. The van der Waals surface area contributed by atoms with E-state index in [1.54, 1.807) is 0 Å². The van der Waals surface area contributed by atoms with Crippen molar-refractivity contribution in [2.24, 2.45) is 0 Å². The largest absolute Gasteiger partial charge is 0.372 e. The van der Waals surface area contributed by atoms with E-state index in [-0.39, 0.29) is 0 Å². The Morgan fingerprint density at radius 1 is 1.32 bits per heavy atom. The molecule has 1 aromatic rings. The van der Waals surface area contributed by atoms with Crippen molar-refractivity contribution in [3.63, 3.8) is 0 Å². The highest BCUT2D eigenvalue weighted by atomic mass is 16.5. The Labute approximate surface area is 116 Å². The van der Waals surface area contributed by atoms with Crippen molar-refractivity contribution in [1.29, 1.82) is 0 Å². The van der Waals surface area contributed by atoms with Gasteiger partial charge in [0.25, 0.3) is 0 Å². The predicted octanol–water partition coefficient (Wildman–Crippen LogP) is 2.73. The topological polar surface area (TPSA) is 39.1 Å². The summed E-state index contributed by atoms with van der Waals surface area (Å²) >= 11 is 0. The normalized spacial score (nSPS) is 23.7. The van der Waals surface area contributed by atoms with Gasteiger partial charge < -0.3 is 14.6 Å². The van der Waals surface area contributed by atoms with Crippen molar-refractivity contribution in [3.05, 3.63) is 18.2 Å². The van der Waals surface area contributed by atoms with Crippen LogP contribution in [0.5, 0.6) is 0 Å². The summed E-state index contributed by atoms with van der Waals surface area (Å²) in [6.07, 6.45) is 10.2. The van der Waals surface area contributed by atoms with Gasteiger partial charge in [0.1, 0.15) is 0 Å². The molecule has 0 atom stereocenters. The molecule has 4 nitrogen and oxygen atoms in total. The molecule has 0 unspecified atom stereocenters. The average Bonchev–Trinajstić information content (AvgIpc) is 2.86. The predicted molar refractivity (Wildman–Crippen MR) is 77.0 cm³/mol. The molecule has 0 bridgehead atoms. The first-order valence-electron chi connectivity index (χ1n) is 7.67. The van der Waals surface area contributed by atoms with E-state index in [0.717, 1.165) is 19.5 Å². The molecule has 1 fully saturated rings. The van der Waals surface area contributed by atoms with Gasteiger partial charge in [0, 0.05) is 12.6 Å². The van der Waals surface area contributed by atoms with Gasteiger partial charge in [-0.05, 0) is 38.6 Å². The van der Waals surface area contributed by atoms with E-state index in [4.69, 9.17) is 4.74 Å². The van der Waals surface area contributed by atoms with Crippen LogP contribution in [0.3, 0.4) is 0 Å². The molecule has 0 spiro atoms. The second kappa shape index (κ2) is 7.65. The molecule has 2 rings (SSSR count). The number of nitrogens with one attached hydrogen (secondary N) is 1. The standard InChI is InChI=1S/C15H27N3O/c1-3-9-18-12-16-10-14(18)11-19-15-7-5-13(6-8-15)17-4-2/h10,12-13,15,17H,3-9,11H2,1-2H3. The highest BCUT2D eigenvalue weighted by Crippen LogP contribution is 2.22. The van der Waals surface area contributed by atoms with Gasteiger partial charge in [-0.3, -0.25) is 0 Å². The van der Waals surface area contributed by atoms with Crippen LogP contribution in [-0.2, 0) is 17.9 Å². The van der Waals surface area contributed by atoms with E-state index < -0.39 is 0 Å². The number of ether oxygens (including phenoxy) is 1. The van der Waals surface area contributed by atoms with Gasteiger partial charge >= 0.3 is 0 Å². The molecule has 1 aliphatic carbocycles. The van der Waals surface area contributed by atoms with E-state index in [9.17, 15) is 0 Å². The maximum atomic E-state index is 6.05. The van der Waals surface area contributed by atoms with Crippen LogP contribution < -0.4 is 5.32 Å². The minimum Gasteiger partial charge on any atom is -0.372 e. The van der Waals surface area contributed by atoms with E-state index in [1.165, 1.54) is 31.4 Å². The molecular weight excluding hydrogens is 238 g/mol. The summed E-state index contributed by atoms with van der Waals surface area (Å²) in [4.78, 5) is 4.21. The van der Waals surface area contributed by atoms with E-state index in [1.807, 2.05) is 12.5 Å². The van der Waals surface area contributed by atoms with Crippen LogP contribution in [0.15, 0.2) is 12.5 Å². The molecule has 0 amide bonds. The maximum absolute atomic E-state index is 6.05. The molecule has 0 aromatic carbocycles. The Balaban J connectivity index is 1.72. The van der Waals surface area contributed by atoms with E-state index in [2.05, 4.69) is 28.7 Å². The second-order valence-corrected chi connectivity index (χ2v) is 5.42. The SMILES string of the molecule is CCCn1cncc1COC1CCC(NCC)CC1. The molecule has 0 radical (unpaired) electrons. The monoisotopic (exact) mass is 265 g/mol. The van der Waals surface area contributed by atoms with Crippen LogP contribution in [0.4, 0.5) is 0 Å². The molecule has 1 saturated carbocycles. The fourth-order valence-corrected chi connectivity index (χ4v) is 2.84. The smallest absolute Gasteiger partial charge is 0.0948 e. The van der Waals surface area contributed by atoms with Crippen LogP contribution >= 0.6 is 0 Å². The zero-order chi connectivity index (χ0) is 13.5. The third kappa shape index (κ3) is 4.32. The van der Waals surface area contributed by atoms with Gasteiger partial charge in [0.2, 0.25) is 0 Å². The van der Waals surface area contributed by atoms with Crippen molar-refractivity contribution in [1.82, 2.24) is 14.9 Å². The minimum absolute atomic E-state index is 0.430. The second-order valence-electron chi connectivity index (χ2n) is 5.42. The molecule has 19 heavy (non-hydrogen) atoms. The van der Waals surface area contributed by atoms with Crippen molar-refractivity contribution < 1.29 is 4.74 Å². The zero-order valence-electron chi connectivity index (χ0n) is 12.3. The Morgan fingerprint density at radius 3 is 2.79 bits per heavy atom. The third-order valence-corrected chi connectivity index (χ3v) is 3.90. The van der Waals surface area contributed by atoms with Crippen LogP contribution in [-0.4, -0.2) is 28.2 Å². The first-order valence-corrected chi connectivity index (χ1v) is 7.67. The fraction of sp³-hybridized carbons (Fsp3) is 0.800. The highest BCUT2D eigenvalue weighted by Gasteiger charge is 2.21. The highest BCUT2D eigenvalue weighted by molar-refractivity contribution is 4.96. The van der Waals surface area contributed by atoms with Crippen molar-refractivity contribution in [2.45, 2.75) is 71.2 Å². The number of aryl methyl sites for hydroxylation is 1. The fourth-order valence-electron chi connectivity index (χ4n) is 2.84. The summed E-state index contributed by atoms with van der Waals surface area (Å²) < 4.78 is 8.25. The summed E-state index contributed by atoms with van der Waals surface area (Å²) in [6, 6.07) is 0.704. The zero-order valence-corrected chi connectivity index (χ0v) is 12.3. The summed E-state index contributed by atoms with van der Waals surface area (Å²) in [5.41, 5.74) is 1.20. The van der Waals surface area contributed by atoms with Gasteiger partial charge in [0.15, 0.2) is 0 Å². The molecule has 1 heterocycles. The summed E-state index contributed by atoms with van der Waals surface area (Å²) in [6.45, 7) is 7.18. The van der Waals surface area contributed by atoms with E-state index >= 15 is 0 Å². The summed E-state index contributed by atoms with van der Waals surface area (Å²) in [7, 11) is 0. The number of imidazole rings is 1. The van der Waals surface area contributed by atoms with Crippen LogP contribution in [0, 0.1) is 0 Å². The molecule has 0 aliphatic heterocycles. The molecule has 1 aromatic heterocycles. The molecule has 1 N–H and O–H groups in total. The average molecular weight is 265 g/mol. The van der Waals surface area contributed by atoms with Crippen LogP contribution in [0.25, 0.3) is 0 Å². The lowest BCUT2D eigenvalue weighted by Gasteiger charge is -2.29. The first kappa shape index (κ1) is 14.5. The number of nitrogens with zero attached hydrogens (tertiary/aromatic N) is 2. The molecule has 0 saturated heterocycles. The summed E-state index contributed by atoms with van der Waals surface area (Å²) in [5, 5.41) is 3.53.